The van der Waals surface area contributed by atoms with Crippen molar-refractivity contribution in [3.63, 3.8) is 0 Å². The average molecular weight is 448 g/mol. The molecule has 1 aliphatic carbocycles. The van der Waals surface area contributed by atoms with E-state index in [-0.39, 0.29) is 24.1 Å². The minimum Gasteiger partial charge on any atom is -0.448 e. The van der Waals surface area contributed by atoms with E-state index in [9.17, 15) is 9.59 Å². The van der Waals surface area contributed by atoms with E-state index in [4.69, 9.17) is 16.3 Å². The summed E-state index contributed by atoms with van der Waals surface area (Å²) in [4.78, 5) is 29.3. The number of carbonyl (C=O) groups excluding carboxylic acids is 2. The number of rotatable bonds is 6. The van der Waals surface area contributed by atoms with Crippen LogP contribution in [0.1, 0.15) is 51.0 Å². The Labute approximate surface area is 190 Å². The van der Waals surface area contributed by atoms with Crippen LogP contribution in [0.5, 0.6) is 0 Å². The molecular weight excluding hydrogens is 414 g/mol. The van der Waals surface area contributed by atoms with Gasteiger partial charge in [-0.25, -0.2) is 4.79 Å². The maximum atomic E-state index is 13.5. The second-order valence-corrected chi connectivity index (χ2v) is 9.83. The molecule has 1 aromatic carbocycles. The van der Waals surface area contributed by atoms with Crippen LogP contribution in [0, 0.1) is 5.92 Å². The first kappa shape index (κ1) is 22.4. The zero-order chi connectivity index (χ0) is 21.8. The Bertz CT molecular complexity index is 764. The Kier molecular flexibility index (Phi) is 7.39. The molecule has 3 aliphatic rings. The fraction of sp³-hybridized carbons (Fsp3) is 0.667. The van der Waals surface area contributed by atoms with Crippen LogP contribution in [0.15, 0.2) is 24.3 Å². The van der Waals surface area contributed by atoms with Crippen LogP contribution in [-0.2, 0) is 16.0 Å². The fourth-order valence-electron chi connectivity index (χ4n) is 5.26. The lowest BCUT2D eigenvalue weighted by Gasteiger charge is -2.37. The zero-order valence-corrected chi connectivity index (χ0v) is 19.2. The molecule has 0 spiro atoms. The molecule has 1 saturated carbocycles. The topological polar surface area (TPSA) is 61.9 Å². The fourth-order valence-corrected chi connectivity index (χ4v) is 5.39. The van der Waals surface area contributed by atoms with Gasteiger partial charge in [0.05, 0.1) is 12.6 Å². The third kappa shape index (κ3) is 5.72. The van der Waals surface area contributed by atoms with Crippen LogP contribution >= 0.6 is 11.6 Å². The molecule has 3 fully saturated rings. The molecule has 1 aromatic rings. The smallest absolute Gasteiger partial charge is 0.410 e. The summed E-state index contributed by atoms with van der Waals surface area (Å²) in [7, 11) is 0. The molecular formula is C24H34ClN3O3. The van der Waals surface area contributed by atoms with E-state index in [1.54, 1.807) is 0 Å². The highest BCUT2D eigenvalue weighted by molar-refractivity contribution is 6.30. The van der Waals surface area contributed by atoms with Crippen LogP contribution < -0.4 is 5.32 Å². The van der Waals surface area contributed by atoms with Crippen LogP contribution in [-0.4, -0.2) is 66.2 Å². The summed E-state index contributed by atoms with van der Waals surface area (Å²) in [5.41, 5.74) is 1.12. The summed E-state index contributed by atoms with van der Waals surface area (Å²) in [6, 6.07) is 8.13. The number of nitrogens with zero attached hydrogens (tertiary/aromatic N) is 2. The number of hydrogen-bond donors (Lipinski definition) is 1. The van der Waals surface area contributed by atoms with E-state index in [1.165, 1.54) is 6.42 Å². The van der Waals surface area contributed by atoms with Gasteiger partial charge in [0.2, 0.25) is 5.91 Å². The lowest BCUT2D eigenvalue weighted by Crippen LogP contribution is -2.54. The zero-order valence-electron chi connectivity index (χ0n) is 18.4. The number of halogens is 1. The van der Waals surface area contributed by atoms with E-state index in [0.717, 1.165) is 50.8 Å². The molecule has 1 unspecified atom stereocenters. The minimum absolute atomic E-state index is 0.175. The first-order valence-electron chi connectivity index (χ1n) is 11.7. The van der Waals surface area contributed by atoms with E-state index < -0.39 is 0 Å². The molecule has 2 amide bonds. The van der Waals surface area contributed by atoms with Crippen molar-refractivity contribution in [2.24, 2.45) is 5.92 Å². The SMILES string of the molecule is CC1CCCN(C(=O)[C@@H](Cc2ccc(Cl)cc2)NC2CCC(N3CCOC3=O)CC2)C1. The molecule has 2 saturated heterocycles. The molecule has 0 radical (unpaired) electrons. The molecule has 6 nitrogen and oxygen atoms in total. The summed E-state index contributed by atoms with van der Waals surface area (Å²) in [5.74, 6) is 0.774. The number of ether oxygens (including phenoxy) is 1. The first-order valence-corrected chi connectivity index (χ1v) is 12.1. The van der Waals surface area contributed by atoms with Gasteiger partial charge in [0.15, 0.2) is 0 Å². The molecule has 0 bridgehead atoms. The van der Waals surface area contributed by atoms with Gasteiger partial charge in [0, 0.05) is 30.2 Å². The number of nitrogens with one attached hydrogen (secondary N) is 1. The van der Waals surface area contributed by atoms with Gasteiger partial charge in [-0.1, -0.05) is 30.7 Å². The third-order valence-electron chi connectivity index (χ3n) is 6.99. The van der Waals surface area contributed by atoms with Gasteiger partial charge in [-0.05, 0) is 68.6 Å². The molecule has 4 rings (SSSR count). The predicted molar refractivity (Wildman–Crippen MR) is 121 cm³/mol. The largest absolute Gasteiger partial charge is 0.448 e. The minimum atomic E-state index is -0.232. The number of carbonyl (C=O) groups is 2. The maximum absolute atomic E-state index is 13.5. The molecule has 2 atom stereocenters. The van der Waals surface area contributed by atoms with Crippen LogP contribution in [0.3, 0.4) is 0 Å². The lowest BCUT2D eigenvalue weighted by atomic mass is 9.89. The molecule has 7 heteroatoms. The van der Waals surface area contributed by atoms with Gasteiger partial charge >= 0.3 is 6.09 Å². The first-order chi connectivity index (χ1) is 15.0. The molecule has 31 heavy (non-hydrogen) atoms. The van der Waals surface area contributed by atoms with Gasteiger partial charge in [-0.2, -0.15) is 0 Å². The van der Waals surface area contributed by atoms with Crippen LogP contribution in [0.4, 0.5) is 4.79 Å². The van der Waals surface area contributed by atoms with E-state index in [1.807, 2.05) is 34.1 Å². The lowest BCUT2D eigenvalue weighted by molar-refractivity contribution is -0.135. The van der Waals surface area contributed by atoms with Gasteiger partial charge in [0.1, 0.15) is 6.61 Å². The van der Waals surface area contributed by atoms with Crippen LogP contribution in [0.2, 0.25) is 5.02 Å². The van der Waals surface area contributed by atoms with E-state index in [0.29, 0.717) is 36.6 Å². The monoisotopic (exact) mass is 447 g/mol. The van der Waals surface area contributed by atoms with Crippen molar-refractivity contribution in [3.05, 3.63) is 34.9 Å². The van der Waals surface area contributed by atoms with Crippen molar-refractivity contribution < 1.29 is 14.3 Å². The second-order valence-electron chi connectivity index (χ2n) is 9.39. The Morgan fingerprint density at radius 1 is 1.16 bits per heavy atom. The standard InChI is InChI=1S/C24H34ClN3O3/c1-17-3-2-12-27(16-17)23(29)22(15-18-4-6-19(25)7-5-18)26-20-8-10-21(11-9-20)28-13-14-31-24(28)30/h4-7,17,20-22,26H,2-3,8-16H2,1H3/t17?,20?,21?,22-/m1/s1. The number of piperidine rings is 1. The van der Waals surface area contributed by atoms with E-state index >= 15 is 0 Å². The highest BCUT2D eigenvalue weighted by Gasteiger charge is 2.35. The summed E-state index contributed by atoms with van der Waals surface area (Å²) in [5, 5.41) is 4.41. The highest BCUT2D eigenvalue weighted by Crippen LogP contribution is 2.26. The number of benzene rings is 1. The Hall–Kier alpha value is -1.79. The molecule has 170 valence electrons. The molecule has 1 N–H and O–H groups in total. The van der Waals surface area contributed by atoms with Crippen molar-refractivity contribution in [1.29, 1.82) is 0 Å². The summed E-state index contributed by atoms with van der Waals surface area (Å²) in [6.45, 7) is 5.13. The van der Waals surface area contributed by atoms with Crippen molar-refractivity contribution in [3.8, 4) is 0 Å². The van der Waals surface area contributed by atoms with Gasteiger partial charge in [-0.3, -0.25) is 4.79 Å². The Morgan fingerprint density at radius 2 is 1.90 bits per heavy atom. The quantitative estimate of drug-likeness (QED) is 0.719. The van der Waals surface area contributed by atoms with Gasteiger partial charge < -0.3 is 19.9 Å². The van der Waals surface area contributed by atoms with Crippen LogP contribution in [0.25, 0.3) is 0 Å². The number of cyclic esters (lactones) is 1. The van der Waals surface area contributed by atoms with Crippen molar-refractivity contribution in [1.82, 2.24) is 15.1 Å². The Balaban J connectivity index is 1.39. The third-order valence-corrected chi connectivity index (χ3v) is 7.24. The summed E-state index contributed by atoms with van der Waals surface area (Å²) < 4.78 is 5.10. The van der Waals surface area contributed by atoms with Crippen molar-refractivity contribution in [2.75, 3.05) is 26.2 Å². The maximum Gasteiger partial charge on any atom is 0.410 e. The number of likely N-dealkylation sites (tertiary alicyclic amines) is 1. The van der Waals surface area contributed by atoms with Crippen molar-refractivity contribution >= 4 is 23.6 Å². The summed E-state index contributed by atoms with van der Waals surface area (Å²) in [6.07, 6.45) is 6.61. The van der Waals surface area contributed by atoms with Crippen molar-refractivity contribution in [2.45, 2.75) is 70.0 Å². The summed E-state index contributed by atoms with van der Waals surface area (Å²) >= 11 is 6.05. The molecule has 2 aliphatic heterocycles. The van der Waals surface area contributed by atoms with Gasteiger partial charge in [0.25, 0.3) is 0 Å². The average Bonchev–Trinajstić information content (AvgIpc) is 3.20. The Morgan fingerprint density at radius 3 is 2.55 bits per heavy atom. The van der Waals surface area contributed by atoms with E-state index in [2.05, 4.69) is 12.2 Å². The predicted octanol–water partition coefficient (Wildman–Crippen LogP) is 3.86. The normalized spacial score (nSPS) is 27.8. The van der Waals surface area contributed by atoms with Gasteiger partial charge in [-0.15, -0.1) is 0 Å². The molecule has 2 heterocycles. The highest BCUT2D eigenvalue weighted by atomic mass is 35.5. The number of hydrogen-bond acceptors (Lipinski definition) is 4. The second kappa shape index (κ2) is 10.2. The molecule has 0 aromatic heterocycles. The number of amides is 2.